The van der Waals surface area contributed by atoms with E-state index in [0.29, 0.717) is 6.26 Å². The Morgan fingerprint density at radius 3 is 1.09 bits per heavy atom. The molecule has 0 bridgehead atoms. The number of carboxylic acid groups (broad SMARTS) is 2. The second-order valence-corrected chi connectivity index (χ2v) is 7.40. The van der Waals surface area contributed by atoms with Crippen molar-refractivity contribution >= 4 is 32.2 Å². The summed E-state index contributed by atoms with van der Waals surface area (Å²) in [4.78, 5) is 18.8. The lowest BCUT2D eigenvalue weighted by Gasteiger charge is -2.04. The molecule has 0 atom stereocenters. The predicted octanol–water partition coefficient (Wildman–Crippen LogP) is 0.611. The van der Waals surface area contributed by atoms with Crippen LogP contribution >= 0.6 is 0 Å². The molecule has 2 rings (SSSR count). The second kappa shape index (κ2) is 21.4. The van der Waals surface area contributed by atoms with Crippen LogP contribution in [0.25, 0.3) is 0 Å². The molecular weight excluding hydrogens is 464 g/mol. The van der Waals surface area contributed by atoms with E-state index in [0.717, 1.165) is 6.92 Å². The van der Waals surface area contributed by atoms with Gasteiger partial charge in [-0.15, -0.1) is 0 Å². The largest absolute Gasteiger partial charge is 0.748 e. The van der Waals surface area contributed by atoms with Gasteiger partial charge in [0, 0.05) is 12.2 Å². The molecule has 12 heteroatoms. The van der Waals surface area contributed by atoms with Crippen molar-refractivity contribution < 1.29 is 45.7 Å². The van der Waals surface area contributed by atoms with E-state index in [1.807, 2.05) is 27.7 Å². The molecule has 0 unspecified atom stereocenters. The molecule has 0 spiro atoms. The summed E-state index contributed by atoms with van der Waals surface area (Å²) in [6.07, 6.45) is 0.604. The summed E-state index contributed by atoms with van der Waals surface area (Å²) in [6.45, 7) is 8.97. The van der Waals surface area contributed by atoms with Gasteiger partial charge in [-0.3, -0.25) is 0 Å². The maximum Gasteiger partial charge on any atom is 0.124 e. The van der Waals surface area contributed by atoms with Crippen molar-refractivity contribution in [3.63, 3.8) is 0 Å². The molecule has 32 heavy (non-hydrogen) atoms. The van der Waals surface area contributed by atoms with Crippen molar-refractivity contribution in [2.24, 2.45) is 0 Å². The molecule has 0 amide bonds. The van der Waals surface area contributed by atoms with Gasteiger partial charge in [-0.1, -0.05) is 76.2 Å². The first-order valence-electron chi connectivity index (χ1n) is 9.00. The van der Waals surface area contributed by atoms with Crippen LogP contribution in [0.3, 0.4) is 0 Å². The molecule has 0 heterocycles. The van der Waals surface area contributed by atoms with Crippen molar-refractivity contribution in [1.29, 1.82) is 0 Å². The Kier molecular flexibility index (Phi) is 24.5. The third-order valence-electron chi connectivity index (χ3n) is 2.04. The molecule has 0 saturated heterocycles. The van der Waals surface area contributed by atoms with Gasteiger partial charge in [0.25, 0.3) is 0 Å². The topological polar surface area (TPSA) is 195 Å². The van der Waals surface area contributed by atoms with Crippen LogP contribution in [0.15, 0.2) is 65.6 Å². The molecule has 0 aliphatic heterocycles. The minimum absolute atomic E-state index is 0.185. The molecule has 0 aliphatic rings. The molecule has 0 aliphatic carbocycles. The van der Waals surface area contributed by atoms with E-state index in [-0.39, 0.29) is 10.5 Å². The number of carbonyl (C=O) groups excluding carboxylic acids is 2. The molecule has 0 radical (unpaired) electrons. The van der Waals surface area contributed by atoms with Gasteiger partial charge < -0.3 is 28.9 Å². The molecule has 2 aromatic rings. The van der Waals surface area contributed by atoms with Crippen molar-refractivity contribution in [1.82, 2.24) is 0 Å². The lowest BCUT2D eigenvalue weighted by molar-refractivity contribution is -0.302. The van der Waals surface area contributed by atoms with E-state index < -0.39 is 32.2 Å². The molecule has 184 valence electrons. The molecule has 0 aromatic heterocycles. The van der Waals surface area contributed by atoms with Crippen LogP contribution in [0, 0.1) is 0 Å². The van der Waals surface area contributed by atoms with Crippen LogP contribution in [0.2, 0.25) is 0 Å². The van der Waals surface area contributed by atoms with Gasteiger partial charge in [0.15, 0.2) is 0 Å². The van der Waals surface area contributed by atoms with Crippen molar-refractivity contribution in [2.45, 2.75) is 39.5 Å². The summed E-state index contributed by atoms with van der Waals surface area (Å²) < 4.78 is 58.1. The molecule has 2 aromatic carbocycles. The number of hydrogen-bond acceptors (Lipinski definition) is 10. The van der Waals surface area contributed by atoms with Gasteiger partial charge in [-0.2, -0.15) is 0 Å². The predicted molar refractivity (Wildman–Crippen MR) is 114 cm³/mol. The smallest absolute Gasteiger partial charge is 0.124 e. The summed E-state index contributed by atoms with van der Waals surface area (Å²) in [6, 6.07) is 15.3. The van der Waals surface area contributed by atoms with Crippen molar-refractivity contribution in [3.8, 4) is 0 Å². The van der Waals surface area contributed by atoms with E-state index >= 15 is 0 Å². The number of rotatable bonds is 2. The molecule has 0 fully saturated rings. The van der Waals surface area contributed by atoms with Crippen molar-refractivity contribution in [3.05, 3.63) is 66.2 Å². The zero-order valence-electron chi connectivity index (χ0n) is 18.7. The first kappa shape index (κ1) is 36.6. The SMILES string of the molecule is CC.CC.CC(=O)[O-].CS(=O)(=O)[O-].O=C([O-])c1ccccc1.O=S(=O)([O-])c1ccccc1. The Balaban J connectivity index is -0.000000163. The fourth-order valence-electron chi connectivity index (χ4n) is 1.16. The number of aromatic carboxylic acids is 1. The standard InChI is InChI=1S/C7H6O2.C6H6O3S.C2H4O2.2C2H6.CH4O3S/c8-7(9)6-4-2-1-3-5-6;7-10(8,9)6-4-2-1-3-5-6;1-2(3)4;2*1-2;1-5(2,3)4/h1-5H,(H,8,9);1-5H,(H,7,8,9);1H3,(H,3,4);2*1-2H3;1H3,(H,2,3,4)/p-4. The summed E-state index contributed by atoms with van der Waals surface area (Å²) in [5.74, 6) is -2.21. The van der Waals surface area contributed by atoms with E-state index in [2.05, 4.69) is 0 Å². The van der Waals surface area contributed by atoms with Gasteiger partial charge in [0.1, 0.15) is 10.1 Å². The highest BCUT2D eigenvalue weighted by Gasteiger charge is 1.95. The van der Waals surface area contributed by atoms with Gasteiger partial charge >= 0.3 is 0 Å². The summed E-state index contributed by atoms with van der Waals surface area (Å²) in [5, 5.41) is 19.0. The van der Waals surface area contributed by atoms with Gasteiger partial charge in [0.05, 0.1) is 21.0 Å². The zero-order chi connectivity index (χ0) is 26.4. The minimum atomic E-state index is -4.25. The number of carboxylic acids is 2. The number of carbonyl (C=O) groups is 2. The summed E-state index contributed by atoms with van der Waals surface area (Å²) >= 11 is 0. The second-order valence-electron chi connectivity index (χ2n) is 4.62. The Morgan fingerprint density at radius 1 is 0.688 bits per heavy atom. The highest BCUT2D eigenvalue weighted by Crippen LogP contribution is 2.05. The van der Waals surface area contributed by atoms with Crippen LogP contribution in [-0.2, 0) is 25.0 Å². The van der Waals surface area contributed by atoms with E-state index in [9.17, 15) is 22.9 Å². The van der Waals surface area contributed by atoms with E-state index in [1.165, 1.54) is 36.4 Å². The minimum Gasteiger partial charge on any atom is -0.748 e. The third kappa shape index (κ3) is 34.7. The lowest BCUT2D eigenvalue weighted by Crippen LogP contribution is -2.21. The number of benzene rings is 2. The van der Waals surface area contributed by atoms with E-state index in [1.54, 1.807) is 24.3 Å². The average Bonchev–Trinajstić information content (AvgIpc) is 2.71. The van der Waals surface area contributed by atoms with Crippen LogP contribution in [0.4, 0.5) is 0 Å². The van der Waals surface area contributed by atoms with Gasteiger partial charge in [0.2, 0.25) is 0 Å². The Bertz CT molecular complexity index is 913. The Morgan fingerprint density at radius 2 is 0.938 bits per heavy atom. The highest BCUT2D eigenvalue weighted by molar-refractivity contribution is 7.85. The molecule has 0 N–H and O–H groups in total. The fraction of sp³-hybridized carbons (Fsp3) is 0.300. The first-order chi connectivity index (χ1) is 14.6. The summed E-state index contributed by atoms with van der Waals surface area (Å²) in [7, 11) is -8.17. The van der Waals surface area contributed by atoms with Gasteiger partial charge in [-0.25, -0.2) is 16.8 Å². The molecule has 0 saturated carbocycles. The Hall–Kier alpha value is -2.80. The highest BCUT2D eigenvalue weighted by atomic mass is 32.2. The van der Waals surface area contributed by atoms with Crippen LogP contribution in [0.1, 0.15) is 45.0 Å². The van der Waals surface area contributed by atoms with Crippen molar-refractivity contribution in [2.75, 3.05) is 6.26 Å². The van der Waals surface area contributed by atoms with Crippen LogP contribution in [-0.4, -0.2) is 44.1 Å². The average molecular weight is 493 g/mol. The monoisotopic (exact) mass is 492 g/mol. The molecular formula is C20H28O10S2-4. The lowest BCUT2D eigenvalue weighted by atomic mass is 10.2. The maximum atomic E-state index is 10.3. The van der Waals surface area contributed by atoms with Crippen LogP contribution in [0.5, 0.6) is 0 Å². The normalized spacial score (nSPS) is 9.00. The maximum absolute atomic E-state index is 10.3. The zero-order valence-corrected chi connectivity index (χ0v) is 20.3. The number of aliphatic carboxylic acids is 1. The van der Waals surface area contributed by atoms with Crippen LogP contribution < -0.4 is 10.2 Å². The van der Waals surface area contributed by atoms with Gasteiger partial charge in [-0.05, 0) is 24.6 Å². The van der Waals surface area contributed by atoms with E-state index in [4.69, 9.17) is 22.9 Å². The quantitative estimate of drug-likeness (QED) is 0.536. The molecule has 10 nitrogen and oxygen atoms in total. The summed E-state index contributed by atoms with van der Waals surface area (Å²) in [5.41, 5.74) is 0.220. The third-order valence-corrected chi connectivity index (χ3v) is 2.89. The fourth-order valence-corrected chi connectivity index (χ4v) is 1.65. The first-order valence-corrected chi connectivity index (χ1v) is 12.2. The number of hydrogen-bond donors (Lipinski definition) is 0. The Labute approximate surface area is 190 Å².